The van der Waals surface area contributed by atoms with Gasteiger partial charge in [0.1, 0.15) is 0 Å². The molecule has 0 atom stereocenters. The van der Waals surface area contributed by atoms with Crippen LogP contribution in [0.3, 0.4) is 0 Å². The summed E-state index contributed by atoms with van der Waals surface area (Å²) in [6.45, 7) is 3.83. The lowest BCUT2D eigenvalue weighted by Gasteiger charge is -2.27. The zero-order chi connectivity index (χ0) is 24.0. The predicted molar refractivity (Wildman–Crippen MR) is 109 cm³/mol. The van der Waals surface area contributed by atoms with Crippen LogP contribution in [0.1, 0.15) is 36.4 Å². The van der Waals surface area contributed by atoms with Crippen molar-refractivity contribution in [1.82, 2.24) is 19.6 Å². The molecule has 0 bridgehead atoms. The van der Waals surface area contributed by atoms with E-state index in [0.717, 1.165) is 32.6 Å². The van der Waals surface area contributed by atoms with Gasteiger partial charge in [-0.15, -0.1) is 0 Å². The summed E-state index contributed by atoms with van der Waals surface area (Å²) in [6, 6.07) is 15.7. The molecular weight excluding hydrogens is 446 g/mol. The smallest absolute Gasteiger partial charge is 0.240 e. The first kappa shape index (κ1) is 22.6. The second-order valence-corrected chi connectivity index (χ2v) is 8.01. The molecule has 2 heterocycles. The van der Waals surface area contributed by atoms with Crippen LogP contribution in [0.25, 0.3) is 11.4 Å². The lowest BCUT2D eigenvalue weighted by atomic mass is 9.78. The number of nitrogens with zero attached hydrogens (tertiary/aromatic N) is 4. The van der Waals surface area contributed by atoms with E-state index in [2.05, 4.69) is 10.2 Å². The number of halogens is 6. The summed E-state index contributed by atoms with van der Waals surface area (Å²) in [4.78, 5) is 0. The van der Waals surface area contributed by atoms with Gasteiger partial charge in [-0.3, -0.25) is 0 Å². The third kappa shape index (κ3) is 4.50. The maximum Gasteiger partial charge on any atom is 0.435 e. The normalized spacial score (nSPS) is 12.8. The summed E-state index contributed by atoms with van der Waals surface area (Å²) >= 11 is 0. The van der Waals surface area contributed by atoms with Crippen molar-refractivity contribution in [2.24, 2.45) is 0 Å². The summed E-state index contributed by atoms with van der Waals surface area (Å²) in [5.74, 6) is 0. The molecule has 0 saturated carbocycles. The Morgan fingerprint density at radius 3 is 1.33 bits per heavy atom. The topological polar surface area (TPSA) is 35.6 Å². The fourth-order valence-corrected chi connectivity index (χ4v) is 3.48. The highest BCUT2D eigenvalue weighted by atomic mass is 19.4. The van der Waals surface area contributed by atoms with E-state index in [4.69, 9.17) is 0 Å². The molecule has 0 aliphatic rings. The number of rotatable bonds is 4. The molecule has 2 aromatic heterocycles. The van der Waals surface area contributed by atoms with Crippen LogP contribution in [-0.2, 0) is 17.8 Å². The summed E-state index contributed by atoms with van der Waals surface area (Å²) < 4.78 is 79.7. The Balaban J connectivity index is 1.68. The van der Waals surface area contributed by atoms with Gasteiger partial charge in [0.05, 0.1) is 11.4 Å². The Morgan fingerprint density at radius 1 is 0.606 bits per heavy atom. The largest absolute Gasteiger partial charge is 0.435 e. The Labute approximate surface area is 185 Å². The Hall–Kier alpha value is -3.56. The van der Waals surface area contributed by atoms with Crippen molar-refractivity contribution < 1.29 is 26.3 Å². The highest BCUT2D eigenvalue weighted by Gasteiger charge is 2.34. The Bertz CT molecular complexity index is 1180. The van der Waals surface area contributed by atoms with Gasteiger partial charge in [0.25, 0.3) is 0 Å². The molecule has 4 nitrogen and oxygen atoms in total. The first-order valence-corrected chi connectivity index (χ1v) is 9.83. The number of alkyl halides is 6. The molecule has 0 fully saturated rings. The lowest BCUT2D eigenvalue weighted by Crippen LogP contribution is -2.19. The van der Waals surface area contributed by atoms with Crippen LogP contribution in [0.15, 0.2) is 73.1 Å². The molecule has 4 aromatic rings. The van der Waals surface area contributed by atoms with Gasteiger partial charge in [-0.25, -0.2) is 9.36 Å². The summed E-state index contributed by atoms with van der Waals surface area (Å²) in [5, 5.41) is 7.22. The monoisotopic (exact) mass is 464 g/mol. The molecule has 33 heavy (non-hydrogen) atoms. The molecule has 0 aliphatic heterocycles. The van der Waals surface area contributed by atoms with E-state index in [0.29, 0.717) is 11.4 Å². The highest BCUT2D eigenvalue weighted by molar-refractivity contribution is 5.47. The quantitative estimate of drug-likeness (QED) is 0.327. The van der Waals surface area contributed by atoms with Gasteiger partial charge in [-0.1, -0.05) is 38.1 Å². The van der Waals surface area contributed by atoms with Crippen molar-refractivity contribution in [2.75, 3.05) is 0 Å². The van der Waals surface area contributed by atoms with Crippen LogP contribution in [0, 0.1) is 0 Å². The van der Waals surface area contributed by atoms with Gasteiger partial charge in [-0.05, 0) is 47.5 Å². The summed E-state index contributed by atoms with van der Waals surface area (Å²) in [6.07, 6.45) is -6.60. The van der Waals surface area contributed by atoms with Gasteiger partial charge in [0.15, 0.2) is 11.4 Å². The summed E-state index contributed by atoms with van der Waals surface area (Å²) in [7, 11) is 0. The molecule has 4 rings (SSSR count). The SMILES string of the molecule is CC(C)(c1cccc(-n2ccc(C(F)(F)F)n2)c1)c1cccc(-n2ccc(C(F)(F)F)n2)c1. The third-order valence-corrected chi connectivity index (χ3v) is 5.42. The van der Waals surface area contributed by atoms with Crippen molar-refractivity contribution in [3.8, 4) is 11.4 Å². The zero-order valence-corrected chi connectivity index (χ0v) is 17.5. The molecule has 0 unspecified atom stereocenters. The fourth-order valence-electron chi connectivity index (χ4n) is 3.48. The van der Waals surface area contributed by atoms with Gasteiger partial charge in [-0.2, -0.15) is 36.5 Å². The van der Waals surface area contributed by atoms with E-state index in [1.165, 1.54) is 12.4 Å². The van der Waals surface area contributed by atoms with E-state index in [-0.39, 0.29) is 0 Å². The van der Waals surface area contributed by atoms with Crippen LogP contribution in [0.5, 0.6) is 0 Å². The van der Waals surface area contributed by atoms with E-state index in [9.17, 15) is 26.3 Å². The number of hydrogen-bond acceptors (Lipinski definition) is 2. The van der Waals surface area contributed by atoms with Crippen molar-refractivity contribution in [3.05, 3.63) is 95.6 Å². The maximum absolute atomic E-state index is 12.9. The van der Waals surface area contributed by atoms with Gasteiger partial charge in [0, 0.05) is 17.8 Å². The van der Waals surface area contributed by atoms with Crippen molar-refractivity contribution in [2.45, 2.75) is 31.6 Å². The average molecular weight is 464 g/mol. The molecule has 172 valence electrons. The molecule has 0 spiro atoms. The minimum absolute atomic E-state index is 0.453. The number of hydrogen-bond donors (Lipinski definition) is 0. The second kappa shape index (κ2) is 7.79. The predicted octanol–water partition coefficient (Wildman–Crippen LogP) is 6.42. The van der Waals surface area contributed by atoms with Crippen LogP contribution in [-0.4, -0.2) is 19.6 Å². The highest BCUT2D eigenvalue weighted by Crippen LogP contribution is 2.34. The minimum Gasteiger partial charge on any atom is -0.240 e. The fraction of sp³-hybridized carbons (Fsp3) is 0.217. The van der Waals surface area contributed by atoms with Gasteiger partial charge in [0.2, 0.25) is 0 Å². The Kier molecular flexibility index (Phi) is 5.34. The molecular formula is C23H18F6N4. The third-order valence-electron chi connectivity index (χ3n) is 5.42. The number of aromatic nitrogens is 4. The van der Waals surface area contributed by atoms with Crippen LogP contribution >= 0.6 is 0 Å². The molecule has 0 radical (unpaired) electrons. The van der Waals surface area contributed by atoms with Crippen molar-refractivity contribution in [3.63, 3.8) is 0 Å². The van der Waals surface area contributed by atoms with Crippen molar-refractivity contribution in [1.29, 1.82) is 0 Å². The molecule has 0 N–H and O–H groups in total. The van der Waals surface area contributed by atoms with Gasteiger partial charge >= 0.3 is 12.4 Å². The first-order valence-electron chi connectivity index (χ1n) is 9.83. The van der Waals surface area contributed by atoms with E-state index in [1.807, 2.05) is 26.0 Å². The van der Waals surface area contributed by atoms with Gasteiger partial charge < -0.3 is 0 Å². The van der Waals surface area contributed by atoms with E-state index >= 15 is 0 Å². The molecule has 0 saturated heterocycles. The van der Waals surface area contributed by atoms with E-state index in [1.54, 1.807) is 36.4 Å². The number of benzene rings is 2. The molecule has 10 heteroatoms. The van der Waals surface area contributed by atoms with Crippen molar-refractivity contribution >= 4 is 0 Å². The molecule has 0 amide bonds. The average Bonchev–Trinajstić information content (AvgIpc) is 3.44. The zero-order valence-electron chi connectivity index (χ0n) is 17.5. The first-order chi connectivity index (χ1) is 15.4. The lowest BCUT2D eigenvalue weighted by molar-refractivity contribution is -0.142. The maximum atomic E-state index is 12.9. The Morgan fingerprint density at radius 2 is 1.00 bits per heavy atom. The second-order valence-electron chi connectivity index (χ2n) is 8.01. The molecule has 2 aromatic carbocycles. The molecule has 0 aliphatic carbocycles. The standard InChI is InChI=1S/C23H18F6N4/c1-21(2,15-5-3-7-17(13-15)32-11-9-19(30-32)22(24,25)26)16-6-4-8-18(14-16)33-12-10-20(31-33)23(27,28)29/h3-14H,1-2H3. The minimum atomic E-state index is -4.54. The van der Waals surface area contributed by atoms with Crippen LogP contribution in [0.2, 0.25) is 0 Å². The summed E-state index contributed by atoms with van der Waals surface area (Å²) in [5.41, 5.74) is -0.111. The van der Waals surface area contributed by atoms with Crippen LogP contribution in [0.4, 0.5) is 26.3 Å². The van der Waals surface area contributed by atoms with E-state index < -0.39 is 29.2 Å². The van der Waals surface area contributed by atoms with Crippen LogP contribution < -0.4 is 0 Å².